The summed E-state index contributed by atoms with van der Waals surface area (Å²) in [5.41, 5.74) is 7.77. The first-order valence-corrected chi connectivity index (χ1v) is 4.70. The number of ketones is 1. The van der Waals surface area contributed by atoms with Gasteiger partial charge in [-0.15, -0.1) is 0 Å². The van der Waals surface area contributed by atoms with Gasteiger partial charge in [-0.05, 0) is 30.2 Å². The third-order valence-corrected chi connectivity index (χ3v) is 2.51. The summed E-state index contributed by atoms with van der Waals surface area (Å²) in [6.07, 6.45) is 0.911. The molecule has 3 nitrogen and oxygen atoms in total. The zero-order chi connectivity index (χ0) is 10.1. The molecule has 1 heterocycles. The summed E-state index contributed by atoms with van der Waals surface area (Å²) in [6.45, 7) is 2.24. The van der Waals surface area contributed by atoms with Gasteiger partial charge < -0.3 is 10.5 Å². The monoisotopic (exact) mass is 191 g/mol. The van der Waals surface area contributed by atoms with Crippen molar-refractivity contribution in [1.82, 2.24) is 0 Å². The number of carbonyl (C=O) groups is 1. The fraction of sp³-hybridized carbons (Fsp3) is 0.364. The highest BCUT2D eigenvalue weighted by atomic mass is 16.5. The van der Waals surface area contributed by atoms with Gasteiger partial charge in [0.15, 0.2) is 5.78 Å². The van der Waals surface area contributed by atoms with E-state index in [2.05, 4.69) is 0 Å². The van der Waals surface area contributed by atoms with Gasteiger partial charge >= 0.3 is 0 Å². The minimum absolute atomic E-state index is 0.0103. The molecule has 1 atom stereocenters. The van der Waals surface area contributed by atoms with Crippen molar-refractivity contribution in [2.45, 2.75) is 19.4 Å². The predicted octanol–water partition coefficient (Wildman–Crippen LogP) is 1.21. The van der Waals surface area contributed by atoms with Crippen LogP contribution >= 0.6 is 0 Å². The van der Waals surface area contributed by atoms with Gasteiger partial charge in [0, 0.05) is 6.42 Å². The maximum absolute atomic E-state index is 11.1. The molecule has 0 aliphatic carbocycles. The second kappa shape index (κ2) is 3.42. The van der Waals surface area contributed by atoms with E-state index in [1.165, 1.54) is 6.92 Å². The number of rotatable bonds is 2. The molecule has 0 radical (unpaired) electrons. The molecule has 0 bridgehead atoms. The van der Waals surface area contributed by atoms with Crippen LogP contribution in [0.2, 0.25) is 0 Å². The fourth-order valence-electron chi connectivity index (χ4n) is 1.63. The minimum Gasteiger partial charge on any atom is -0.493 e. The van der Waals surface area contributed by atoms with Crippen LogP contribution in [0.5, 0.6) is 5.75 Å². The van der Waals surface area contributed by atoms with Crippen LogP contribution in [-0.2, 0) is 11.2 Å². The number of hydrogen-bond acceptors (Lipinski definition) is 3. The van der Waals surface area contributed by atoms with Crippen LogP contribution in [0.15, 0.2) is 18.2 Å². The topological polar surface area (TPSA) is 52.3 Å². The largest absolute Gasteiger partial charge is 0.493 e. The lowest BCUT2D eigenvalue weighted by Crippen LogP contribution is -2.18. The van der Waals surface area contributed by atoms with E-state index < -0.39 is 6.04 Å². The average molecular weight is 191 g/mol. The highest BCUT2D eigenvalue weighted by molar-refractivity contribution is 5.82. The molecule has 2 N–H and O–H groups in total. The van der Waals surface area contributed by atoms with E-state index in [9.17, 15) is 4.79 Å². The van der Waals surface area contributed by atoms with E-state index in [4.69, 9.17) is 10.5 Å². The number of ether oxygens (including phenoxy) is 1. The van der Waals surface area contributed by atoms with Crippen LogP contribution in [0, 0.1) is 0 Å². The van der Waals surface area contributed by atoms with Crippen molar-refractivity contribution in [2.75, 3.05) is 6.61 Å². The second-order valence-electron chi connectivity index (χ2n) is 3.55. The molecule has 1 aliphatic heterocycles. The van der Waals surface area contributed by atoms with Gasteiger partial charge in [0.2, 0.25) is 0 Å². The zero-order valence-corrected chi connectivity index (χ0v) is 8.12. The number of carbonyl (C=O) groups excluding carboxylic acids is 1. The maximum atomic E-state index is 11.1. The van der Waals surface area contributed by atoms with Crippen LogP contribution in [-0.4, -0.2) is 12.4 Å². The molecule has 0 spiro atoms. The van der Waals surface area contributed by atoms with E-state index in [-0.39, 0.29) is 5.78 Å². The Labute approximate surface area is 82.9 Å². The Morgan fingerprint density at radius 1 is 1.57 bits per heavy atom. The summed E-state index contributed by atoms with van der Waals surface area (Å²) in [5, 5.41) is 0. The highest BCUT2D eigenvalue weighted by Gasteiger charge is 2.16. The minimum atomic E-state index is -0.499. The van der Waals surface area contributed by atoms with Gasteiger partial charge in [0.05, 0.1) is 12.6 Å². The fourth-order valence-corrected chi connectivity index (χ4v) is 1.63. The summed E-state index contributed by atoms with van der Waals surface area (Å²) in [4.78, 5) is 11.1. The first kappa shape index (κ1) is 9.21. The molecule has 0 aromatic heterocycles. The molecule has 2 rings (SSSR count). The lowest BCUT2D eigenvalue weighted by Gasteiger charge is -2.09. The van der Waals surface area contributed by atoms with Crippen molar-refractivity contribution in [2.24, 2.45) is 5.73 Å². The summed E-state index contributed by atoms with van der Waals surface area (Å²) in [6, 6.07) is 5.21. The van der Waals surface area contributed by atoms with Crippen molar-refractivity contribution >= 4 is 5.78 Å². The van der Waals surface area contributed by atoms with Crippen LogP contribution in [0.25, 0.3) is 0 Å². The van der Waals surface area contributed by atoms with Crippen LogP contribution in [0.1, 0.15) is 24.1 Å². The van der Waals surface area contributed by atoms with E-state index in [0.717, 1.165) is 29.9 Å². The summed E-state index contributed by atoms with van der Waals surface area (Å²) < 4.78 is 5.37. The molecule has 1 aromatic carbocycles. The van der Waals surface area contributed by atoms with Gasteiger partial charge in [-0.1, -0.05) is 6.07 Å². The van der Waals surface area contributed by atoms with Crippen molar-refractivity contribution < 1.29 is 9.53 Å². The van der Waals surface area contributed by atoms with E-state index >= 15 is 0 Å². The summed E-state index contributed by atoms with van der Waals surface area (Å²) >= 11 is 0. The lowest BCUT2D eigenvalue weighted by molar-refractivity contribution is -0.118. The molecule has 1 aliphatic rings. The quantitative estimate of drug-likeness (QED) is 0.764. The van der Waals surface area contributed by atoms with E-state index in [1.54, 1.807) is 0 Å². The molecular formula is C11H13NO2. The van der Waals surface area contributed by atoms with Gasteiger partial charge in [0.1, 0.15) is 5.75 Å². The Morgan fingerprint density at radius 2 is 2.36 bits per heavy atom. The molecule has 1 aromatic rings. The van der Waals surface area contributed by atoms with Gasteiger partial charge in [-0.2, -0.15) is 0 Å². The van der Waals surface area contributed by atoms with Crippen LogP contribution in [0.4, 0.5) is 0 Å². The molecular weight excluding hydrogens is 178 g/mol. The Balaban J connectivity index is 2.33. The second-order valence-corrected chi connectivity index (χ2v) is 3.55. The smallest absolute Gasteiger partial charge is 0.150 e. The number of hydrogen-bond donors (Lipinski definition) is 1. The van der Waals surface area contributed by atoms with Gasteiger partial charge in [0.25, 0.3) is 0 Å². The third kappa shape index (κ3) is 1.51. The molecule has 74 valence electrons. The third-order valence-electron chi connectivity index (χ3n) is 2.51. The van der Waals surface area contributed by atoms with Crippen LogP contribution in [0.3, 0.4) is 0 Å². The first-order valence-electron chi connectivity index (χ1n) is 4.70. The van der Waals surface area contributed by atoms with Gasteiger partial charge in [-0.25, -0.2) is 0 Å². The Kier molecular flexibility index (Phi) is 2.25. The van der Waals surface area contributed by atoms with Crippen LogP contribution < -0.4 is 10.5 Å². The van der Waals surface area contributed by atoms with Crippen molar-refractivity contribution in [3.8, 4) is 5.75 Å². The Bertz CT molecular complexity index is 374. The number of benzene rings is 1. The summed E-state index contributed by atoms with van der Waals surface area (Å²) in [5.74, 6) is 0.911. The zero-order valence-electron chi connectivity index (χ0n) is 8.12. The molecule has 3 heteroatoms. The predicted molar refractivity (Wildman–Crippen MR) is 53.3 cm³/mol. The molecule has 0 fully saturated rings. The highest BCUT2D eigenvalue weighted by Crippen LogP contribution is 2.27. The van der Waals surface area contributed by atoms with Gasteiger partial charge in [-0.3, -0.25) is 4.79 Å². The summed E-state index contributed by atoms with van der Waals surface area (Å²) in [7, 11) is 0. The number of nitrogens with two attached hydrogens (primary N) is 1. The lowest BCUT2D eigenvalue weighted by atomic mass is 10.0. The van der Waals surface area contributed by atoms with Crippen molar-refractivity contribution in [3.63, 3.8) is 0 Å². The Morgan fingerprint density at radius 3 is 3.07 bits per heavy atom. The SMILES string of the molecule is CC(=O)C(N)c1ccc2c(c1)CCO2. The molecule has 0 amide bonds. The van der Waals surface area contributed by atoms with Crippen molar-refractivity contribution in [3.05, 3.63) is 29.3 Å². The molecule has 0 saturated carbocycles. The average Bonchev–Trinajstić information content (AvgIpc) is 2.62. The molecule has 0 saturated heterocycles. The Hall–Kier alpha value is -1.35. The molecule has 14 heavy (non-hydrogen) atoms. The number of fused-ring (bicyclic) bond motifs is 1. The van der Waals surface area contributed by atoms with E-state index in [1.807, 2.05) is 18.2 Å². The first-order chi connectivity index (χ1) is 6.68. The maximum Gasteiger partial charge on any atom is 0.150 e. The standard InChI is InChI=1S/C11H13NO2/c1-7(13)11(12)9-2-3-10-8(6-9)4-5-14-10/h2-3,6,11H,4-5,12H2,1H3. The van der Waals surface area contributed by atoms with Crippen molar-refractivity contribution in [1.29, 1.82) is 0 Å². The van der Waals surface area contributed by atoms with E-state index in [0.29, 0.717) is 0 Å². The molecule has 1 unspecified atom stereocenters. The number of Topliss-reactive ketones (excluding diaryl/α,β-unsaturated/α-hetero) is 1. The normalized spacial score (nSPS) is 15.9.